The van der Waals surface area contributed by atoms with Gasteiger partial charge in [-0.3, -0.25) is 0 Å². The zero-order valence-corrected chi connectivity index (χ0v) is 23.1. The minimum atomic E-state index is 0.404. The van der Waals surface area contributed by atoms with Crippen molar-refractivity contribution in [1.82, 2.24) is 0 Å². The summed E-state index contributed by atoms with van der Waals surface area (Å²) in [5.41, 5.74) is 15.2. The lowest BCUT2D eigenvalue weighted by Crippen LogP contribution is -2.40. The van der Waals surface area contributed by atoms with Crippen LogP contribution in [-0.4, -0.2) is 0 Å². The van der Waals surface area contributed by atoms with Crippen LogP contribution >= 0.6 is 0 Å². The Bertz CT molecular complexity index is 1690. The molecule has 2 heteroatoms. The largest absolute Gasteiger partial charge is 0.311 e. The van der Waals surface area contributed by atoms with Crippen LogP contribution in [0.1, 0.15) is 45.9 Å². The van der Waals surface area contributed by atoms with Crippen molar-refractivity contribution in [3.05, 3.63) is 168 Å². The Hall–Kier alpha value is -5.08. The zero-order chi connectivity index (χ0) is 27.4. The Morgan fingerprint density at radius 2 is 0.429 bits per heavy atom. The molecule has 6 aromatic rings. The first-order valence-corrected chi connectivity index (χ1v) is 15.0. The summed E-state index contributed by atoms with van der Waals surface area (Å²) < 4.78 is 0. The highest BCUT2D eigenvalue weighted by atomic mass is 15.1. The fourth-order valence-electron chi connectivity index (χ4n) is 8.29. The second-order valence-corrected chi connectivity index (χ2v) is 12.2. The number of anilines is 6. The summed E-state index contributed by atoms with van der Waals surface area (Å²) in [4.78, 5) is 4.77. The quantitative estimate of drug-likeness (QED) is 0.190. The Balaban J connectivity index is 1.32. The van der Waals surface area contributed by atoms with Gasteiger partial charge in [0.1, 0.15) is 0 Å². The van der Waals surface area contributed by atoms with Gasteiger partial charge in [-0.25, -0.2) is 0 Å². The number of rotatable bonds is 0. The molecule has 6 aromatic carbocycles. The van der Waals surface area contributed by atoms with Gasteiger partial charge in [-0.2, -0.15) is 0 Å². The number of benzene rings is 6. The molecule has 0 unspecified atom stereocenters. The molecule has 42 heavy (non-hydrogen) atoms. The third-order valence-corrected chi connectivity index (χ3v) is 10.3. The van der Waals surface area contributed by atoms with Crippen molar-refractivity contribution in [2.24, 2.45) is 0 Å². The minimum absolute atomic E-state index is 0.404. The van der Waals surface area contributed by atoms with Crippen molar-refractivity contribution >= 4 is 34.1 Å². The van der Waals surface area contributed by atoms with Gasteiger partial charge in [0.25, 0.3) is 0 Å². The van der Waals surface area contributed by atoms with E-state index in [1.54, 1.807) is 0 Å². The summed E-state index contributed by atoms with van der Waals surface area (Å²) in [5.74, 6) is 1.62. The molecular weight excluding hydrogens is 508 g/mol. The molecule has 0 radical (unpaired) electrons. The molecule has 0 saturated heterocycles. The smallest absolute Gasteiger partial charge is 0.0462 e. The average Bonchev–Trinajstić information content (AvgIpc) is 3.12. The normalized spacial score (nSPS) is 21.7. The maximum atomic E-state index is 2.39. The summed E-state index contributed by atoms with van der Waals surface area (Å²) in [6, 6.07) is 55.7. The van der Waals surface area contributed by atoms with Gasteiger partial charge in [-0.05, 0) is 130 Å². The van der Waals surface area contributed by atoms with Gasteiger partial charge in [-0.15, -0.1) is 0 Å². The number of hydrogen-bond acceptors (Lipinski definition) is 2. The van der Waals surface area contributed by atoms with E-state index in [1.165, 1.54) is 67.5 Å². The van der Waals surface area contributed by atoms with E-state index in [9.17, 15) is 0 Å². The van der Waals surface area contributed by atoms with Gasteiger partial charge in [0.2, 0.25) is 0 Å². The van der Waals surface area contributed by atoms with Crippen molar-refractivity contribution in [2.45, 2.75) is 23.7 Å². The van der Waals surface area contributed by atoms with Gasteiger partial charge in [0, 0.05) is 34.1 Å². The van der Waals surface area contributed by atoms with Crippen molar-refractivity contribution in [3.63, 3.8) is 0 Å². The van der Waals surface area contributed by atoms with E-state index >= 15 is 0 Å². The minimum Gasteiger partial charge on any atom is -0.311 e. The fourth-order valence-corrected chi connectivity index (χ4v) is 8.29. The van der Waals surface area contributed by atoms with E-state index in [-0.39, 0.29) is 0 Å². The van der Waals surface area contributed by atoms with Crippen LogP contribution in [0.5, 0.6) is 0 Å². The van der Waals surface area contributed by atoms with E-state index in [4.69, 9.17) is 0 Å². The first kappa shape index (κ1) is 22.6. The summed E-state index contributed by atoms with van der Waals surface area (Å²) in [6.07, 6.45) is 0. The van der Waals surface area contributed by atoms with Crippen LogP contribution in [0.4, 0.5) is 34.1 Å². The summed E-state index contributed by atoms with van der Waals surface area (Å²) in [6.45, 7) is 0. The second-order valence-electron chi connectivity index (χ2n) is 12.2. The van der Waals surface area contributed by atoms with E-state index in [2.05, 4.69) is 155 Å². The first-order valence-electron chi connectivity index (χ1n) is 15.0. The second kappa shape index (κ2) is 8.24. The predicted molar refractivity (Wildman–Crippen MR) is 172 cm³/mol. The fraction of sp³-hybridized carbons (Fsp3) is 0.100. The van der Waals surface area contributed by atoms with Gasteiger partial charge < -0.3 is 9.80 Å². The van der Waals surface area contributed by atoms with Crippen LogP contribution in [0.3, 0.4) is 0 Å². The molecule has 0 atom stereocenters. The van der Waals surface area contributed by atoms with Crippen molar-refractivity contribution in [3.8, 4) is 11.1 Å². The monoisotopic (exact) mass is 536 g/mol. The predicted octanol–water partition coefficient (Wildman–Crippen LogP) is 10.7. The van der Waals surface area contributed by atoms with Crippen LogP contribution in [0.2, 0.25) is 0 Å². The summed E-state index contributed by atoms with van der Waals surface area (Å²) in [5, 5.41) is 0. The van der Waals surface area contributed by atoms with E-state index < -0.39 is 0 Å². The SMILES string of the molecule is c1cc2ccc1-c1ccc(cc1)N1c3ccc(cc3)[C@H]3[C@H]4c5ccc(cc5)N2c2ccc(cc2)[C@H]4[C@H]3c2ccc1cc2. The van der Waals surface area contributed by atoms with Gasteiger partial charge in [-0.1, -0.05) is 72.8 Å². The van der Waals surface area contributed by atoms with Crippen LogP contribution < -0.4 is 9.80 Å². The lowest BCUT2D eigenvalue weighted by Gasteiger charge is -2.53. The van der Waals surface area contributed by atoms with Gasteiger partial charge >= 0.3 is 0 Å². The van der Waals surface area contributed by atoms with E-state index in [0.29, 0.717) is 23.7 Å². The highest BCUT2D eigenvalue weighted by Gasteiger charge is 2.53. The van der Waals surface area contributed by atoms with Crippen molar-refractivity contribution < 1.29 is 0 Å². The van der Waals surface area contributed by atoms with Crippen molar-refractivity contribution in [1.29, 1.82) is 0 Å². The summed E-state index contributed by atoms with van der Waals surface area (Å²) in [7, 11) is 0. The van der Waals surface area contributed by atoms with Crippen LogP contribution in [0.15, 0.2) is 146 Å². The number of hydrogen-bond donors (Lipinski definition) is 0. The molecule has 1 saturated carbocycles. The molecule has 0 aromatic heterocycles. The maximum Gasteiger partial charge on any atom is 0.0462 e. The maximum absolute atomic E-state index is 2.39. The molecule has 0 amide bonds. The van der Waals surface area contributed by atoms with Gasteiger partial charge in [0.15, 0.2) is 0 Å². The molecule has 2 nitrogen and oxygen atoms in total. The molecular formula is C40H28N2. The van der Waals surface area contributed by atoms with Crippen molar-refractivity contribution in [2.75, 3.05) is 9.80 Å². The van der Waals surface area contributed by atoms with Crippen LogP contribution in [0.25, 0.3) is 11.1 Å². The molecule has 0 spiro atoms. The third kappa shape index (κ3) is 3.04. The van der Waals surface area contributed by atoms with Crippen LogP contribution in [-0.2, 0) is 0 Å². The Labute approximate surface area is 246 Å². The molecule has 20 heterocycles. The molecule has 198 valence electrons. The molecule has 18 bridgehead atoms. The van der Waals surface area contributed by atoms with Gasteiger partial charge in [0.05, 0.1) is 0 Å². The molecule has 1 aliphatic carbocycles. The Morgan fingerprint density at radius 3 is 0.643 bits per heavy atom. The van der Waals surface area contributed by atoms with E-state index in [0.717, 1.165) is 0 Å². The lowest BCUT2D eigenvalue weighted by molar-refractivity contribution is 0.229. The topological polar surface area (TPSA) is 6.48 Å². The highest BCUT2D eigenvalue weighted by Crippen LogP contribution is 2.67. The Morgan fingerprint density at radius 1 is 0.238 bits per heavy atom. The molecule has 21 aliphatic rings. The zero-order valence-electron chi connectivity index (χ0n) is 23.1. The highest BCUT2D eigenvalue weighted by molar-refractivity contribution is 5.81. The molecule has 1 fully saturated rings. The summed E-state index contributed by atoms with van der Waals surface area (Å²) >= 11 is 0. The molecule has 0 N–H and O–H groups in total. The van der Waals surface area contributed by atoms with Crippen LogP contribution in [0, 0.1) is 0 Å². The third-order valence-electron chi connectivity index (χ3n) is 10.3. The average molecular weight is 537 g/mol. The lowest BCUT2D eigenvalue weighted by atomic mass is 9.49. The van der Waals surface area contributed by atoms with E-state index in [1.807, 2.05) is 0 Å². The standard InChI is InChI=1S/C40H28N2/c1-13-31-14-2-25(1)26-3-15-32(16-4-26)42-35-21-9-29(10-22-35)39-37-27-5-17-33(18-6-27)41(31)34-19-7-28(8-20-34)38(37)40(39)30-11-23-36(42)24-12-30/h1-24,37-40H/t37-,38+,39-,40+. The Kier molecular flexibility index (Phi) is 4.43. The number of nitrogens with zero attached hydrogens (tertiary/aromatic N) is 2. The molecule has 20 aliphatic heterocycles. The molecule has 27 rings (SSSR count). The first-order chi connectivity index (χ1) is 20.8.